The van der Waals surface area contributed by atoms with E-state index in [9.17, 15) is 0 Å². The molecule has 0 aliphatic heterocycles. The Balaban J connectivity index is 0. The van der Waals surface area contributed by atoms with Gasteiger partial charge in [0.15, 0.2) is 0 Å². The highest BCUT2D eigenvalue weighted by atomic mass is 14.6. The number of pyridine rings is 1. The smallest absolute Gasteiger partial charge is 0.0267 e. The van der Waals surface area contributed by atoms with Gasteiger partial charge in [0.05, 0.1) is 0 Å². The molecule has 10 heavy (non-hydrogen) atoms. The molecule has 0 spiro atoms. The average Bonchev–Trinajstić information content (AvgIpc) is 2.14. The third-order valence-corrected chi connectivity index (χ3v) is 0.566. The molecule has 2 heteroatoms. The van der Waals surface area contributed by atoms with Crippen LogP contribution in [0, 0.1) is 0 Å². The van der Waals surface area contributed by atoms with E-state index in [1.807, 2.05) is 32.0 Å². The van der Waals surface area contributed by atoms with Gasteiger partial charge in [0.25, 0.3) is 0 Å². The van der Waals surface area contributed by atoms with E-state index >= 15 is 0 Å². The third kappa shape index (κ3) is 10.2. The lowest BCUT2D eigenvalue weighted by Crippen LogP contribution is -1.69. The number of aromatic nitrogens is 1. The van der Waals surface area contributed by atoms with Crippen LogP contribution in [0.25, 0.3) is 0 Å². The average molecular weight is 140 g/mol. The Hall–Kier alpha value is -0.890. The normalized spacial score (nSPS) is 6.00. The summed E-state index contributed by atoms with van der Waals surface area (Å²) in [4.78, 5) is 3.78. The van der Waals surface area contributed by atoms with E-state index in [-0.39, 0.29) is 0 Å². The van der Waals surface area contributed by atoms with Crippen LogP contribution in [-0.4, -0.2) is 12.0 Å². The van der Waals surface area contributed by atoms with Crippen LogP contribution in [0.1, 0.15) is 13.8 Å². The molecule has 0 saturated carbocycles. The highest BCUT2D eigenvalue weighted by Crippen LogP contribution is 1.73. The molecule has 1 rings (SSSR count). The van der Waals surface area contributed by atoms with Gasteiger partial charge in [-0.1, -0.05) is 19.9 Å². The van der Waals surface area contributed by atoms with Crippen LogP contribution in [0.3, 0.4) is 0 Å². The Morgan fingerprint density at radius 3 is 1.40 bits per heavy atom. The van der Waals surface area contributed by atoms with Crippen LogP contribution in [-0.2, 0) is 0 Å². The molecule has 0 aromatic carbocycles. The van der Waals surface area contributed by atoms with Gasteiger partial charge in [-0.2, -0.15) is 0 Å². The monoisotopic (exact) mass is 140 g/mol. The predicted octanol–water partition coefficient (Wildman–Crippen LogP) is 1.68. The van der Waals surface area contributed by atoms with Crippen LogP contribution in [0.4, 0.5) is 0 Å². The Kier molecular flexibility index (Phi) is 18.6. The van der Waals surface area contributed by atoms with Gasteiger partial charge in [-0.3, -0.25) is 4.98 Å². The molecule has 2 nitrogen and oxygen atoms in total. The van der Waals surface area contributed by atoms with Crippen molar-refractivity contribution in [1.82, 2.24) is 4.98 Å². The van der Waals surface area contributed by atoms with Gasteiger partial charge >= 0.3 is 0 Å². The molecular formula is C8H16N2. The fourth-order valence-corrected chi connectivity index (χ4v) is 0.313. The quantitative estimate of drug-likeness (QED) is 0.595. The molecular weight excluding hydrogens is 124 g/mol. The van der Waals surface area contributed by atoms with E-state index in [4.69, 9.17) is 0 Å². The fraction of sp³-hybridized carbons (Fsp3) is 0.375. The molecule has 1 aromatic rings. The highest BCUT2D eigenvalue weighted by Gasteiger charge is 1.58. The number of nitrogens with zero attached hydrogens (tertiary/aromatic N) is 1. The molecule has 1 aromatic heterocycles. The summed E-state index contributed by atoms with van der Waals surface area (Å²) in [5.41, 5.74) is 4.50. The minimum Gasteiger partial charge on any atom is -0.333 e. The van der Waals surface area contributed by atoms with Crippen molar-refractivity contribution >= 4 is 0 Å². The lowest BCUT2D eigenvalue weighted by molar-refractivity contribution is 1.33. The molecule has 58 valence electrons. The molecule has 0 unspecified atom stereocenters. The highest BCUT2D eigenvalue weighted by molar-refractivity contribution is 4.88. The van der Waals surface area contributed by atoms with Crippen molar-refractivity contribution in [2.24, 2.45) is 5.73 Å². The zero-order chi connectivity index (χ0) is 8.24. The summed E-state index contributed by atoms with van der Waals surface area (Å²) >= 11 is 0. The van der Waals surface area contributed by atoms with E-state index in [1.54, 1.807) is 12.4 Å². The van der Waals surface area contributed by atoms with Crippen LogP contribution in [0.15, 0.2) is 30.6 Å². The molecule has 0 aliphatic rings. The van der Waals surface area contributed by atoms with Gasteiger partial charge < -0.3 is 5.73 Å². The summed E-state index contributed by atoms with van der Waals surface area (Å²) in [7, 11) is 1.50. The predicted molar refractivity (Wildman–Crippen MR) is 45.7 cm³/mol. The van der Waals surface area contributed by atoms with Crippen molar-refractivity contribution in [3.63, 3.8) is 0 Å². The first-order valence-corrected chi connectivity index (χ1v) is 3.43. The Morgan fingerprint density at radius 2 is 1.30 bits per heavy atom. The first-order chi connectivity index (χ1) is 5.00. The van der Waals surface area contributed by atoms with E-state index < -0.39 is 0 Å². The number of hydrogen-bond acceptors (Lipinski definition) is 2. The van der Waals surface area contributed by atoms with E-state index in [0.717, 1.165) is 0 Å². The molecule has 0 atom stereocenters. The van der Waals surface area contributed by atoms with Crippen LogP contribution in [0.2, 0.25) is 0 Å². The Bertz CT molecular complexity index is 79.2. The molecule has 0 bridgehead atoms. The molecule has 0 fully saturated rings. The third-order valence-electron chi connectivity index (χ3n) is 0.566. The largest absolute Gasteiger partial charge is 0.333 e. The zero-order valence-corrected chi connectivity index (χ0v) is 6.91. The molecule has 2 N–H and O–H groups in total. The number of hydrogen-bond donors (Lipinski definition) is 1. The van der Waals surface area contributed by atoms with Crippen molar-refractivity contribution in [2.45, 2.75) is 13.8 Å². The van der Waals surface area contributed by atoms with Crippen molar-refractivity contribution < 1.29 is 0 Å². The summed E-state index contributed by atoms with van der Waals surface area (Å²) in [6, 6.07) is 5.72. The topological polar surface area (TPSA) is 38.9 Å². The van der Waals surface area contributed by atoms with Gasteiger partial charge in [0, 0.05) is 12.4 Å². The van der Waals surface area contributed by atoms with Crippen molar-refractivity contribution in [2.75, 3.05) is 7.05 Å². The van der Waals surface area contributed by atoms with Crippen LogP contribution >= 0.6 is 0 Å². The maximum atomic E-state index is 4.50. The second kappa shape index (κ2) is 15.7. The maximum absolute atomic E-state index is 4.50. The maximum Gasteiger partial charge on any atom is 0.0267 e. The molecule has 1 heterocycles. The summed E-state index contributed by atoms with van der Waals surface area (Å²) in [6.45, 7) is 4.00. The molecule has 0 saturated heterocycles. The molecule has 0 radical (unpaired) electrons. The van der Waals surface area contributed by atoms with Crippen molar-refractivity contribution in [3.05, 3.63) is 30.6 Å². The van der Waals surface area contributed by atoms with Gasteiger partial charge in [-0.15, -0.1) is 0 Å². The zero-order valence-electron chi connectivity index (χ0n) is 6.91. The standard InChI is InChI=1S/C5H5N.C2H6.CH5N/c1-2-4-6-5-3-1;2*1-2/h1-5H;1-2H3;2H2,1H3. The van der Waals surface area contributed by atoms with Gasteiger partial charge in [-0.05, 0) is 19.2 Å². The Morgan fingerprint density at radius 1 is 0.900 bits per heavy atom. The van der Waals surface area contributed by atoms with E-state index in [1.165, 1.54) is 7.05 Å². The Labute approximate surface area is 63.1 Å². The SMILES string of the molecule is CC.CN.c1ccncc1. The summed E-state index contributed by atoms with van der Waals surface area (Å²) < 4.78 is 0. The lowest BCUT2D eigenvalue weighted by Gasteiger charge is -1.70. The van der Waals surface area contributed by atoms with Crippen molar-refractivity contribution in [1.29, 1.82) is 0 Å². The second-order valence-corrected chi connectivity index (χ2v) is 1.02. The number of rotatable bonds is 0. The second-order valence-electron chi connectivity index (χ2n) is 1.02. The summed E-state index contributed by atoms with van der Waals surface area (Å²) in [5, 5.41) is 0. The first kappa shape index (κ1) is 11.9. The fourth-order valence-electron chi connectivity index (χ4n) is 0.313. The lowest BCUT2D eigenvalue weighted by atomic mass is 10.5. The minimum absolute atomic E-state index is 1.50. The molecule has 0 amide bonds. The summed E-state index contributed by atoms with van der Waals surface area (Å²) in [5.74, 6) is 0. The summed E-state index contributed by atoms with van der Waals surface area (Å²) in [6.07, 6.45) is 3.50. The van der Waals surface area contributed by atoms with Crippen LogP contribution < -0.4 is 5.73 Å². The minimum atomic E-state index is 1.50. The molecule has 0 aliphatic carbocycles. The van der Waals surface area contributed by atoms with Gasteiger partial charge in [0.1, 0.15) is 0 Å². The van der Waals surface area contributed by atoms with Gasteiger partial charge in [0.2, 0.25) is 0 Å². The van der Waals surface area contributed by atoms with E-state index in [2.05, 4.69) is 10.7 Å². The number of nitrogens with two attached hydrogens (primary N) is 1. The first-order valence-electron chi connectivity index (χ1n) is 3.43. The van der Waals surface area contributed by atoms with Crippen molar-refractivity contribution in [3.8, 4) is 0 Å². The van der Waals surface area contributed by atoms with Crippen LogP contribution in [0.5, 0.6) is 0 Å². The van der Waals surface area contributed by atoms with E-state index in [0.29, 0.717) is 0 Å². The van der Waals surface area contributed by atoms with Gasteiger partial charge in [-0.25, -0.2) is 0 Å².